The number of aromatic nitrogens is 6. The van der Waals surface area contributed by atoms with E-state index in [1.165, 1.54) is 10.8 Å². The zero-order valence-electron chi connectivity index (χ0n) is 20.2. The maximum atomic E-state index is 8.86. The lowest BCUT2D eigenvalue weighted by molar-refractivity contribution is 0.233. The number of pyridine rings is 1. The summed E-state index contributed by atoms with van der Waals surface area (Å²) in [5.74, 6) is 3.36. The van der Waals surface area contributed by atoms with E-state index in [0.717, 1.165) is 56.7 Å². The molecule has 1 aliphatic rings. The molecule has 0 bridgehead atoms. The van der Waals surface area contributed by atoms with Crippen LogP contribution in [-0.4, -0.2) is 99.1 Å². The van der Waals surface area contributed by atoms with Crippen LogP contribution in [0.3, 0.4) is 0 Å². The first kappa shape index (κ1) is 23.8. The highest BCUT2D eigenvalue weighted by atomic mass is 16.5. The Kier molecular flexibility index (Phi) is 7.09. The molecule has 4 aromatic heterocycles. The van der Waals surface area contributed by atoms with Crippen LogP contribution >= 0.6 is 0 Å². The number of hydrogen-bond donors (Lipinski definition) is 2. The minimum Gasteiger partial charge on any atom is -0.492 e. The van der Waals surface area contributed by atoms with Crippen LogP contribution in [0.1, 0.15) is 6.42 Å². The topological polar surface area (TPSA) is 147 Å². The molecule has 1 aliphatic heterocycles. The number of likely N-dealkylation sites (N-methyl/N-ethyl adjacent to an activating group) is 1. The van der Waals surface area contributed by atoms with Gasteiger partial charge in [0, 0.05) is 65.4 Å². The number of fused-ring (bicyclic) bond motifs is 1. The Morgan fingerprint density at radius 1 is 1.17 bits per heavy atom. The van der Waals surface area contributed by atoms with Crippen molar-refractivity contribution in [2.24, 2.45) is 0 Å². The number of oxazole rings is 1. The summed E-state index contributed by atoms with van der Waals surface area (Å²) in [6.45, 7) is 6.01. The molecule has 13 heteroatoms. The van der Waals surface area contributed by atoms with Crippen LogP contribution in [0.25, 0.3) is 17.4 Å². The molecule has 190 valence electrons. The SMILES string of the molecule is CN(CCN1CCN(c2ccc(OCCCO)cn2)CC1)c1cc2nc(-c3ncco3)nn2c(N)n1. The summed E-state index contributed by atoms with van der Waals surface area (Å²) in [5, 5.41) is 13.2. The Morgan fingerprint density at radius 3 is 2.75 bits per heavy atom. The molecule has 1 saturated heterocycles. The van der Waals surface area contributed by atoms with Gasteiger partial charge in [-0.1, -0.05) is 0 Å². The minimum absolute atomic E-state index is 0.124. The van der Waals surface area contributed by atoms with Gasteiger partial charge < -0.3 is 29.8 Å². The van der Waals surface area contributed by atoms with Crippen molar-refractivity contribution in [2.45, 2.75) is 6.42 Å². The molecule has 0 atom stereocenters. The van der Waals surface area contributed by atoms with Crippen LogP contribution in [0.2, 0.25) is 0 Å². The molecule has 4 aromatic rings. The Morgan fingerprint density at radius 2 is 2.03 bits per heavy atom. The van der Waals surface area contributed by atoms with Gasteiger partial charge >= 0.3 is 0 Å². The van der Waals surface area contributed by atoms with E-state index in [4.69, 9.17) is 20.0 Å². The van der Waals surface area contributed by atoms with Gasteiger partial charge in [-0.2, -0.15) is 9.50 Å². The monoisotopic (exact) mass is 494 g/mol. The lowest BCUT2D eigenvalue weighted by atomic mass is 10.3. The van der Waals surface area contributed by atoms with Gasteiger partial charge in [0.1, 0.15) is 23.6 Å². The predicted octanol–water partition coefficient (Wildman–Crippen LogP) is 0.776. The first-order chi connectivity index (χ1) is 17.6. The molecule has 0 aliphatic carbocycles. The Labute approximate surface area is 208 Å². The van der Waals surface area contributed by atoms with E-state index in [0.29, 0.717) is 30.4 Å². The van der Waals surface area contributed by atoms with E-state index in [1.807, 2.05) is 25.2 Å². The smallest absolute Gasteiger partial charge is 0.266 e. The summed E-state index contributed by atoms with van der Waals surface area (Å²) in [6, 6.07) is 5.78. The van der Waals surface area contributed by atoms with E-state index in [2.05, 4.69) is 39.7 Å². The summed E-state index contributed by atoms with van der Waals surface area (Å²) in [4.78, 5) is 24.4. The van der Waals surface area contributed by atoms with E-state index >= 15 is 0 Å². The van der Waals surface area contributed by atoms with Gasteiger partial charge in [0.05, 0.1) is 19.0 Å². The van der Waals surface area contributed by atoms with Gasteiger partial charge in [-0.05, 0) is 12.1 Å². The number of nitrogen functional groups attached to an aromatic ring is 1. The molecule has 36 heavy (non-hydrogen) atoms. The largest absolute Gasteiger partial charge is 0.492 e. The van der Waals surface area contributed by atoms with Crippen LogP contribution in [-0.2, 0) is 0 Å². The van der Waals surface area contributed by atoms with E-state index in [1.54, 1.807) is 12.4 Å². The fraction of sp³-hybridized carbons (Fsp3) is 0.435. The summed E-state index contributed by atoms with van der Waals surface area (Å²) in [6.07, 6.45) is 5.38. The van der Waals surface area contributed by atoms with Crippen LogP contribution in [0, 0.1) is 0 Å². The molecule has 0 radical (unpaired) electrons. The van der Waals surface area contributed by atoms with Crippen molar-refractivity contribution in [3.63, 3.8) is 0 Å². The molecular formula is C23H30N10O3. The van der Waals surface area contributed by atoms with Crippen molar-refractivity contribution in [1.82, 2.24) is 34.4 Å². The van der Waals surface area contributed by atoms with Crippen molar-refractivity contribution < 1.29 is 14.3 Å². The number of piperazine rings is 1. The molecule has 0 unspecified atom stereocenters. The zero-order valence-corrected chi connectivity index (χ0v) is 20.2. The second-order valence-corrected chi connectivity index (χ2v) is 8.54. The quantitative estimate of drug-likeness (QED) is 0.300. The summed E-state index contributed by atoms with van der Waals surface area (Å²) < 4.78 is 12.3. The second kappa shape index (κ2) is 10.7. The summed E-state index contributed by atoms with van der Waals surface area (Å²) in [5.41, 5.74) is 6.73. The average Bonchev–Trinajstić information content (AvgIpc) is 3.59. The number of rotatable bonds is 10. The number of ether oxygens (including phenoxy) is 1. The Hall–Kier alpha value is -3.97. The molecule has 3 N–H and O–H groups in total. The predicted molar refractivity (Wildman–Crippen MR) is 134 cm³/mol. The van der Waals surface area contributed by atoms with E-state index < -0.39 is 0 Å². The molecule has 0 aromatic carbocycles. The van der Waals surface area contributed by atoms with Crippen molar-refractivity contribution in [3.8, 4) is 17.5 Å². The molecule has 1 fully saturated rings. The fourth-order valence-corrected chi connectivity index (χ4v) is 4.02. The lowest BCUT2D eigenvalue weighted by Crippen LogP contribution is -2.48. The van der Waals surface area contributed by atoms with Crippen LogP contribution < -0.4 is 20.3 Å². The third-order valence-corrected chi connectivity index (χ3v) is 6.09. The molecular weight excluding hydrogens is 464 g/mol. The van der Waals surface area contributed by atoms with E-state index in [-0.39, 0.29) is 12.6 Å². The molecule has 13 nitrogen and oxygen atoms in total. The summed E-state index contributed by atoms with van der Waals surface area (Å²) >= 11 is 0. The summed E-state index contributed by atoms with van der Waals surface area (Å²) in [7, 11) is 1.99. The number of hydrogen-bond acceptors (Lipinski definition) is 12. The van der Waals surface area contributed by atoms with Gasteiger partial charge in [-0.25, -0.2) is 15.0 Å². The Bertz CT molecular complexity index is 1250. The standard InChI is InChI=1S/C23H30N10O3/c1-30(19-15-20-27-21(22-25-5-14-36-22)29-33(20)23(24)28-19)6-7-31-8-10-32(11-9-31)18-4-3-17(16-26-18)35-13-2-12-34/h3-5,14-16,34H,2,6-13H2,1H3,(H2,24,28). The van der Waals surface area contributed by atoms with Gasteiger partial charge in [0.25, 0.3) is 5.89 Å². The van der Waals surface area contributed by atoms with Crippen molar-refractivity contribution in [1.29, 1.82) is 0 Å². The van der Waals surface area contributed by atoms with Crippen molar-refractivity contribution >= 4 is 23.2 Å². The first-order valence-corrected chi connectivity index (χ1v) is 11.9. The van der Waals surface area contributed by atoms with Gasteiger partial charge in [-0.15, -0.1) is 5.10 Å². The third kappa shape index (κ3) is 5.31. The Balaban J connectivity index is 1.13. The van der Waals surface area contributed by atoms with Crippen LogP contribution in [0.15, 0.2) is 41.3 Å². The second-order valence-electron chi connectivity index (χ2n) is 8.54. The van der Waals surface area contributed by atoms with Gasteiger partial charge in [0.2, 0.25) is 11.8 Å². The van der Waals surface area contributed by atoms with Crippen molar-refractivity contribution in [3.05, 3.63) is 36.9 Å². The highest BCUT2D eigenvalue weighted by Crippen LogP contribution is 2.20. The zero-order chi connectivity index (χ0) is 24.9. The number of aliphatic hydroxyl groups is 1. The fourth-order valence-electron chi connectivity index (χ4n) is 4.02. The molecule has 5 heterocycles. The van der Waals surface area contributed by atoms with Crippen molar-refractivity contribution in [2.75, 3.05) is 75.1 Å². The maximum absolute atomic E-state index is 8.86. The highest BCUT2D eigenvalue weighted by Gasteiger charge is 2.19. The number of nitrogens with zero attached hydrogens (tertiary/aromatic N) is 9. The number of nitrogens with two attached hydrogens (primary N) is 1. The molecule has 0 spiro atoms. The van der Waals surface area contributed by atoms with Crippen LogP contribution in [0.5, 0.6) is 5.75 Å². The number of aliphatic hydroxyl groups excluding tert-OH is 1. The highest BCUT2D eigenvalue weighted by molar-refractivity contribution is 5.58. The molecule has 5 rings (SSSR count). The number of anilines is 3. The minimum atomic E-state index is 0.124. The maximum Gasteiger partial charge on any atom is 0.266 e. The molecule has 0 saturated carbocycles. The lowest BCUT2D eigenvalue weighted by Gasteiger charge is -2.36. The van der Waals surface area contributed by atoms with E-state index in [9.17, 15) is 0 Å². The van der Waals surface area contributed by atoms with Gasteiger partial charge in [0.15, 0.2) is 5.65 Å². The first-order valence-electron chi connectivity index (χ1n) is 11.9. The average molecular weight is 495 g/mol. The van der Waals surface area contributed by atoms with Gasteiger partial charge in [-0.3, -0.25) is 4.90 Å². The van der Waals surface area contributed by atoms with Crippen LogP contribution in [0.4, 0.5) is 17.6 Å². The molecule has 0 amide bonds. The third-order valence-electron chi connectivity index (χ3n) is 6.09. The normalized spacial score (nSPS) is 14.4.